The molecule has 3 aromatic rings. The predicted octanol–water partition coefficient (Wildman–Crippen LogP) is 3.99. The first kappa shape index (κ1) is 12.5. The molecule has 0 fully saturated rings. The Bertz CT molecular complexity index is 734. The molecular formula is C13H8F3N3O. The van der Waals surface area contributed by atoms with Gasteiger partial charge in [-0.25, -0.2) is 0 Å². The number of halogens is 3. The zero-order valence-corrected chi connectivity index (χ0v) is 9.98. The molecular weight excluding hydrogens is 271 g/mol. The van der Waals surface area contributed by atoms with Gasteiger partial charge in [0, 0.05) is 11.9 Å². The second kappa shape index (κ2) is 4.52. The summed E-state index contributed by atoms with van der Waals surface area (Å²) in [4.78, 5) is 3.89. The van der Waals surface area contributed by atoms with Crippen LogP contribution in [0.4, 0.5) is 24.7 Å². The number of rotatable bonds is 2. The lowest BCUT2D eigenvalue weighted by Crippen LogP contribution is -2.04. The SMILES string of the molecule is FC(F)(F)c1ccc(Nc2noc3cnccc23)cc1. The predicted molar refractivity (Wildman–Crippen MR) is 66.5 cm³/mol. The molecule has 1 N–H and O–H groups in total. The van der Waals surface area contributed by atoms with Crippen LogP contribution in [0.5, 0.6) is 0 Å². The van der Waals surface area contributed by atoms with Gasteiger partial charge in [0.1, 0.15) is 0 Å². The minimum atomic E-state index is -4.34. The molecule has 2 aromatic heterocycles. The number of hydrogen-bond acceptors (Lipinski definition) is 4. The number of aromatic nitrogens is 2. The molecule has 0 saturated carbocycles. The van der Waals surface area contributed by atoms with Gasteiger partial charge in [-0.1, -0.05) is 5.16 Å². The Balaban J connectivity index is 1.88. The summed E-state index contributed by atoms with van der Waals surface area (Å²) in [5, 5.41) is 7.43. The van der Waals surface area contributed by atoms with E-state index in [-0.39, 0.29) is 0 Å². The number of nitrogens with zero attached hydrogens (tertiary/aromatic N) is 2. The number of alkyl halides is 3. The zero-order chi connectivity index (χ0) is 14.2. The second-order valence-electron chi connectivity index (χ2n) is 4.10. The summed E-state index contributed by atoms with van der Waals surface area (Å²) in [5.74, 6) is 0.433. The van der Waals surface area contributed by atoms with Crippen molar-refractivity contribution in [1.29, 1.82) is 0 Å². The van der Waals surface area contributed by atoms with Gasteiger partial charge in [0.25, 0.3) is 0 Å². The van der Waals surface area contributed by atoms with Crippen LogP contribution < -0.4 is 5.32 Å². The normalized spacial score (nSPS) is 11.8. The fourth-order valence-electron chi connectivity index (χ4n) is 1.76. The third-order valence-corrected chi connectivity index (χ3v) is 2.75. The Hall–Kier alpha value is -2.57. The van der Waals surface area contributed by atoms with E-state index in [4.69, 9.17) is 4.52 Å². The van der Waals surface area contributed by atoms with Crippen molar-refractivity contribution < 1.29 is 17.7 Å². The summed E-state index contributed by atoms with van der Waals surface area (Å²) < 4.78 is 42.4. The molecule has 0 atom stereocenters. The minimum absolute atomic E-state index is 0.433. The Morgan fingerprint density at radius 3 is 2.50 bits per heavy atom. The summed E-state index contributed by atoms with van der Waals surface area (Å²) >= 11 is 0. The van der Waals surface area contributed by atoms with Crippen LogP contribution in [0.1, 0.15) is 5.56 Å². The third-order valence-electron chi connectivity index (χ3n) is 2.75. The van der Waals surface area contributed by atoms with Crippen LogP contribution in [-0.2, 0) is 6.18 Å². The van der Waals surface area contributed by atoms with E-state index in [2.05, 4.69) is 15.5 Å². The van der Waals surface area contributed by atoms with E-state index in [1.165, 1.54) is 18.3 Å². The number of fused-ring (bicyclic) bond motifs is 1. The highest BCUT2D eigenvalue weighted by atomic mass is 19.4. The quantitative estimate of drug-likeness (QED) is 0.770. The van der Waals surface area contributed by atoms with Gasteiger partial charge in [-0.3, -0.25) is 4.98 Å². The molecule has 3 rings (SSSR count). The highest BCUT2D eigenvalue weighted by molar-refractivity contribution is 5.89. The molecule has 0 radical (unpaired) electrons. The number of nitrogens with one attached hydrogen (secondary N) is 1. The van der Waals surface area contributed by atoms with Gasteiger partial charge in [-0.05, 0) is 30.3 Å². The molecule has 0 aliphatic heterocycles. The van der Waals surface area contributed by atoms with Crippen LogP contribution in [0.25, 0.3) is 11.0 Å². The van der Waals surface area contributed by atoms with Gasteiger partial charge in [-0.2, -0.15) is 13.2 Å². The van der Waals surface area contributed by atoms with Gasteiger partial charge < -0.3 is 9.84 Å². The highest BCUT2D eigenvalue weighted by Gasteiger charge is 2.29. The maximum absolute atomic E-state index is 12.5. The molecule has 0 spiro atoms. The van der Waals surface area contributed by atoms with Gasteiger partial charge in [-0.15, -0.1) is 0 Å². The van der Waals surface area contributed by atoms with E-state index in [9.17, 15) is 13.2 Å². The summed E-state index contributed by atoms with van der Waals surface area (Å²) in [6, 6.07) is 6.39. The average Bonchev–Trinajstić information content (AvgIpc) is 2.82. The molecule has 2 heterocycles. The van der Waals surface area contributed by atoms with Gasteiger partial charge in [0.15, 0.2) is 11.4 Å². The van der Waals surface area contributed by atoms with Crippen molar-refractivity contribution in [3.8, 4) is 0 Å². The molecule has 0 aliphatic carbocycles. The van der Waals surface area contributed by atoms with Crippen LogP contribution >= 0.6 is 0 Å². The van der Waals surface area contributed by atoms with Crippen molar-refractivity contribution in [2.75, 3.05) is 5.32 Å². The first-order valence-corrected chi connectivity index (χ1v) is 5.68. The van der Waals surface area contributed by atoms with Crippen molar-refractivity contribution in [2.45, 2.75) is 6.18 Å². The van der Waals surface area contributed by atoms with Crippen LogP contribution in [0.3, 0.4) is 0 Å². The fraction of sp³-hybridized carbons (Fsp3) is 0.0769. The molecule has 0 amide bonds. The van der Waals surface area contributed by atoms with Crippen molar-refractivity contribution in [2.24, 2.45) is 0 Å². The van der Waals surface area contributed by atoms with Crippen LogP contribution in [-0.4, -0.2) is 10.1 Å². The summed E-state index contributed by atoms with van der Waals surface area (Å²) in [6.45, 7) is 0. The Morgan fingerprint density at radius 1 is 1.05 bits per heavy atom. The van der Waals surface area contributed by atoms with E-state index in [1.807, 2.05) is 0 Å². The smallest absolute Gasteiger partial charge is 0.352 e. The van der Waals surface area contributed by atoms with Crippen LogP contribution in [0.2, 0.25) is 0 Å². The van der Waals surface area contributed by atoms with Crippen molar-refractivity contribution in [1.82, 2.24) is 10.1 Å². The van der Waals surface area contributed by atoms with Gasteiger partial charge in [0.2, 0.25) is 0 Å². The molecule has 4 nitrogen and oxygen atoms in total. The lowest BCUT2D eigenvalue weighted by Gasteiger charge is -2.08. The van der Waals surface area contributed by atoms with E-state index in [0.29, 0.717) is 22.5 Å². The van der Waals surface area contributed by atoms with E-state index in [0.717, 1.165) is 12.1 Å². The third kappa shape index (κ3) is 2.29. The number of benzene rings is 1. The van der Waals surface area contributed by atoms with Gasteiger partial charge >= 0.3 is 6.18 Å². The van der Waals surface area contributed by atoms with Crippen molar-refractivity contribution in [3.63, 3.8) is 0 Å². The van der Waals surface area contributed by atoms with E-state index >= 15 is 0 Å². The summed E-state index contributed by atoms with van der Waals surface area (Å²) in [6.07, 6.45) is -1.25. The Morgan fingerprint density at radius 2 is 1.80 bits per heavy atom. The number of pyridine rings is 1. The monoisotopic (exact) mass is 279 g/mol. The summed E-state index contributed by atoms with van der Waals surface area (Å²) in [7, 11) is 0. The molecule has 102 valence electrons. The van der Waals surface area contributed by atoms with E-state index < -0.39 is 11.7 Å². The van der Waals surface area contributed by atoms with Gasteiger partial charge in [0.05, 0.1) is 17.1 Å². The topological polar surface area (TPSA) is 51.0 Å². The second-order valence-corrected chi connectivity index (χ2v) is 4.10. The maximum atomic E-state index is 12.5. The Labute approximate surface area is 111 Å². The first-order valence-electron chi connectivity index (χ1n) is 5.68. The number of hydrogen-bond donors (Lipinski definition) is 1. The minimum Gasteiger partial charge on any atom is -0.352 e. The molecule has 7 heteroatoms. The maximum Gasteiger partial charge on any atom is 0.416 e. The fourth-order valence-corrected chi connectivity index (χ4v) is 1.76. The van der Waals surface area contributed by atoms with E-state index in [1.54, 1.807) is 12.3 Å². The zero-order valence-electron chi connectivity index (χ0n) is 9.98. The van der Waals surface area contributed by atoms with Crippen molar-refractivity contribution in [3.05, 3.63) is 48.3 Å². The molecule has 0 unspecified atom stereocenters. The standard InChI is InChI=1S/C13H8F3N3O/c14-13(15,16)8-1-3-9(4-2-8)18-12-10-5-6-17-7-11(10)20-19-12/h1-7H,(H,18,19). The Kier molecular flexibility index (Phi) is 2.81. The lowest BCUT2D eigenvalue weighted by molar-refractivity contribution is -0.137. The largest absolute Gasteiger partial charge is 0.416 e. The lowest BCUT2D eigenvalue weighted by atomic mass is 10.2. The van der Waals surface area contributed by atoms with Crippen LogP contribution in [0.15, 0.2) is 47.2 Å². The molecule has 0 bridgehead atoms. The first-order chi connectivity index (χ1) is 9.54. The number of anilines is 2. The molecule has 1 aromatic carbocycles. The van der Waals surface area contributed by atoms with Crippen LogP contribution in [0, 0.1) is 0 Å². The molecule has 20 heavy (non-hydrogen) atoms. The summed E-state index contributed by atoms with van der Waals surface area (Å²) in [5.41, 5.74) is 0.296. The molecule has 0 aliphatic rings. The molecule has 0 saturated heterocycles. The van der Waals surface area contributed by atoms with Crippen molar-refractivity contribution >= 4 is 22.5 Å². The average molecular weight is 279 g/mol. The highest BCUT2D eigenvalue weighted by Crippen LogP contribution is 2.31.